The molecule has 0 rings (SSSR count). The molecule has 86 valence electrons. The van der Waals surface area contributed by atoms with Crippen molar-refractivity contribution in [3.8, 4) is 0 Å². The van der Waals surface area contributed by atoms with Gasteiger partial charge in [-0.15, -0.1) is 0 Å². The normalized spacial score (nSPS) is 11.6. The van der Waals surface area contributed by atoms with E-state index < -0.39 is 30.4 Å². The number of nitrogens with two attached hydrogens (primary N) is 1. The number of amides is 2. The SMILES string of the molecule is CC[C@@H](N)C(=O)NCC(=O)NCC(=O)O. The summed E-state index contributed by atoms with van der Waals surface area (Å²) in [5.74, 6) is -2.13. The third kappa shape index (κ3) is 6.44. The Bertz CT molecular complexity index is 254. The molecule has 15 heavy (non-hydrogen) atoms. The Kier molecular flexibility index (Phi) is 6.03. The fourth-order valence-corrected chi connectivity index (χ4v) is 0.721. The van der Waals surface area contributed by atoms with E-state index in [-0.39, 0.29) is 6.54 Å². The summed E-state index contributed by atoms with van der Waals surface area (Å²) in [7, 11) is 0. The van der Waals surface area contributed by atoms with E-state index >= 15 is 0 Å². The minimum absolute atomic E-state index is 0.264. The molecule has 0 aromatic heterocycles. The van der Waals surface area contributed by atoms with Crippen molar-refractivity contribution in [2.24, 2.45) is 5.73 Å². The first kappa shape index (κ1) is 13.4. The molecule has 1 atom stereocenters. The van der Waals surface area contributed by atoms with E-state index in [1.165, 1.54) is 0 Å². The number of carbonyl (C=O) groups is 3. The van der Waals surface area contributed by atoms with Crippen molar-refractivity contribution in [1.29, 1.82) is 0 Å². The molecule has 0 saturated carbocycles. The highest BCUT2D eigenvalue weighted by molar-refractivity contribution is 5.88. The number of nitrogens with one attached hydrogen (secondary N) is 2. The molecule has 0 bridgehead atoms. The third-order valence-electron chi connectivity index (χ3n) is 1.64. The predicted octanol–water partition coefficient (Wildman–Crippen LogP) is -1.96. The van der Waals surface area contributed by atoms with Crippen LogP contribution in [0.1, 0.15) is 13.3 Å². The van der Waals surface area contributed by atoms with E-state index in [1.807, 2.05) is 0 Å². The van der Waals surface area contributed by atoms with Crippen LogP contribution in [0, 0.1) is 0 Å². The molecule has 0 radical (unpaired) electrons. The van der Waals surface area contributed by atoms with E-state index in [2.05, 4.69) is 10.6 Å². The number of hydrogen-bond donors (Lipinski definition) is 4. The van der Waals surface area contributed by atoms with Gasteiger partial charge in [0.2, 0.25) is 11.8 Å². The van der Waals surface area contributed by atoms with E-state index in [4.69, 9.17) is 10.8 Å². The molecular weight excluding hydrogens is 202 g/mol. The number of hydrogen-bond acceptors (Lipinski definition) is 4. The lowest BCUT2D eigenvalue weighted by Gasteiger charge is -2.09. The summed E-state index contributed by atoms with van der Waals surface area (Å²) in [5.41, 5.74) is 5.39. The monoisotopic (exact) mass is 217 g/mol. The van der Waals surface area contributed by atoms with Crippen molar-refractivity contribution in [2.45, 2.75) is 19.4 Å². The molecule has 0 aliphatic rings. The van der Waals surface area contributed by atoms with Crippen LogP contribution in [0.5, 0.6) is 0 Å². The van der Waals surface area contributed by atoms with Crippen LogP contribution >= 0.6 is 0 Å². The molecule has 0 aromatic carbocycles. The smallest absolute Gasteiger partial charge is 0.322 e. The largest absolute Gasteiger partial charge is 0.480 e. The second-order valence-corrected chi connectivity index (χ2v) is 2.90. The maximum Gasteiger partial charge on any atom is 0.322 e. The molecule has 7 heteroatoms. The first-order chi connectivity index (χ1) is 6.97. The minimum Gasteiger partial charge on any atom is -0.480 e. The van der Waals surface area contributed by atoms with Crippen LogP contribution in [0.4, 0.5) is 0 Å². The topological polar surface area (TPSA) is 122 Å². The van der Waals surface area contributed by atoms with Gasteiger partial charge in [0.15, 0.2) is 0 Å². The number of carbonyl (C=O) groups excluding carboxylic acids is 2. The summed E-state index contributed by atoms with van der Waals surface area (Å²) in [5, 5.41) is 12.6. The summed E-state index contributed by atoms with van der Waals surface area (Å²) in [6, 6.07) is -0.641. The Balaban J connectivity index is 3.71. The van der Waals surface area contributed by atoms with Gasteiger partial charge in [-0.3, -0.25) is 14.4 Å². The quantitative estimate of drug-likeness (QED) is 0.411. The van der Waals surface area contributed by atoms with Gasteiger partial charge < -0.3 is 21.5 Å². The molecule has 7 nitrogen and oxygen atoms in total. The molecule has 0 aliphatic carbocycles. The Morgan fingerprint density at radius 3 is 2.33 bits per heavy atom. The standard InChI is InChI=1S/C8H15N3O4/c1-2-5(9)8(15)11-3-6(12)10-4-7(13)14/h5H,2-4,9H2,1H3,(H,10,12)(H,11,15)(H,13,14)/t5-/m1/s1. The average Bonchev–Trinajstić information content (AvgIpc) is 2.21. The predicted molar refractivity (Wildman–Crippen MR) is 51.9 cm³/mol. The first-order valence-electron chi connectivity index (χ1n) is 4.49. The molecule has 0 saturated heterocycles. The Hall–Kier alpha value is -1.63. The van der Waals surface area contributed by atoms with Gasteiger partial charge in [0.05, 0.1) is 12.6 Å². The molecular formula is C8H15N3O4. The van der Waals surface area contributed by atoms with E-state index in [0.29, 0.717) is 6.42 Å². The molecule has 0 aliphatic heterocycles. The fourth-order valence-electron chi connectivity index (χ4n) is 0.721. The summed E-state index contributed by atoms with van der Waals surface area (Å²) in [4.78, 5) is 32.1. The fraction of sp³-hybridized carbons (Fsp3) is 0.625. The average molecular weight is 217 g/mol. The van der Waals surface area contributed by atoms with Crippen molar-refractivity contribution in [3.63, 3.8) is 0 Å². The van der Waals surface area contributed by atoms with Gasteiger partial charge in [-0.1, -0.05) is 6.92 Å². The maximum atomic E-state index is 11.1. The second kappa shape index (κ2) is 6.77. The van der Waals surface area contributed by atoms with Crippen LogP contribution < -0.4 is 16.4 Å². The highest BCUT2D eigenvalue weighted by atomic mass is 16.4. The number of aliphatic carboxylic acids is 1. The van der Waals surface area contributed by atoms with E-state index in [9.17, 15) is 14.4 Å². The van der Waals surface area contributed by atoms with Crippen LogP contribution in [0.2, 0.25) is 0 Å². The van der Waals surface area contributed by atoms with Crippen LogP contribution in [0.3, 0.4) is 0 Å². The van der Waals surface area contributed by atoms with Gasteiger partial charge in [0.1, 0.15) is 6.54 Å². The zero-order valence-corrected chi connectivity index (χ0v) is 8.45. The van der Waals surface area contributed by atoms with Gasteiger partial charge in [-0.2, -0.15) is 0 Å². The lowest BCUT2D eigenvalue weighted by Crippen LogP contribution is -2.45. The summed E-state index contributed by atoms with van der Waals surface area (Å²) in [6.07, 6.45) is 0.475. The third-order valence-corrected chi connectivity index (χ3v) is 1.64. The van der Waals surface area contributed by atoms with Gasteiger partial charge in [0, 0.05) is 0 Å². The molecule has 0 aromatic rings. The van der Waals surface area contributed by atoms with Crippen molar-refractivity contribution in [1.82, 2.24) is 10.6 Å². The van der Waals surface area contributed by atoms with Crippen molar-refractivity contribution >= 4 is 17.8 Å². The molecule has 2 amide bonds. The maximum absolute atomic E-state index is 11.1. The van der Waals surface area contributed by atoms with Gasteiger partial charge >= 0.3 is 5.97 Å². The number of carboxylic acids is 1. The van der Waals surface area contributed by atoms with Crippen molar-refractivity contribution in [2.75, 3.05) is 13.1 Å². The van der Waals surface area contributed by atoms with Crippen LogP contribution in [0.15, 0.2) is 0 Å². The van der Waals surface area contributed by atoms with Gasteiger partial charge in [-0.05, 0) is 6.42 Å². The lowest BCUT2D eigenvalue weighted by molar-refractivity contribution is -0.137. The molecule has 0 fully saturated rings. The zero-order chi connectivity index (χ0) is 11.8. The van der Waals surface area contributed by atoms with Crippen molar-refractivity contribution < 1.29 is 19.5 Å². The molecule has 0 spiro atoms. The van der Waals surface area contributed by atoms with Gasteiger partial charge in [-0.25, -0.2) is 0 Å². The van der Waals surface area contributed by atoms with Crippen LogP contribution in [0.25, 0.3) is 0 Å². The van der Waals surface area contributed by atoms with Crippen molar-refractivity contribution in [3.05, 3.63) is 0 Å². The Labute approximate surface area is 87.0 Å². The molecule has 0 heterocycles. The van der Waals surface area contributed by atoms with E-state index in [0.717, 1.165) is 0 Å². The van der Waals surface area contributed by atoms with Crippen LogP contribution in [-0.4, -0.2) is 42.0 Å². The highest BCUT2D eigenvalue weighted by Crippen LogP contribution is 1.84. The van der Waals surface area contributed by atoms with Gasteiger partial charge in [0.25, 0.3) is 0 Å². The second-order valence-electron chi connectivity index (χ2n) is 2.90. The van der Waals surface area contributed by atoms with Crippen LogP contribution in [-0.2, 0) is 14.4 Å². The number of rotatable bonds is 6. The van der Waals surface area contributed by atoms with E-state index in [1.54, 1.807) is 6.92 Å². The highest BCUT2D eigenvalue weighted by Gasteiger charge is 2.11. The summed E-state index contributed by atoms with van der Waals surface area (Å²) >= 11 is 0. The lowest BCUT2D eigenvalue weighted by atomic mass is 10.2. The Morgan fingerprint density at radius 2 is 1.87 bits per heavy atom. The summed E-state index contributed by atoms with van der Waals surface area (Å²) < 4.78 is 0. The molecule has 0 unspecified atom stereocenters. The molecule has 5 N–H and O–H groups in total. The Morgan fingerprint density at radius 1 is 1.27 bits per heavy atom. The first-order valence-corrected chi connectivity index (χ1v) is 4.49. The zero-order valence-electron chi connectivity index (χ0n) is 8.45. The number of carboxylic acid groups (broad SMARTS) is 1. The minimum atomic E-state index is -1.14. The summed E-state index contributed by atoms with van der Waals surface area (Å²) in [6.45, 7) is 1.02.